The summed E-state index contributed by atoms with van der Waals surface area (Å²) in [5.41, 5.74) is 6.68. The van der Waals surface area contributed by atoms with Crippen molar-refractivity contribution >= 4 is 22.5 Å². The third-order valence-corrected chi connectivity index (χ3v) is 6.75. The summed E-state index contributed by atoms with van der Waals surface area (Å²) in [5.74, 6) is 1.11. The van der Waals surface area contributed by atoms with Gasteiger partial charge in [0.05, 0.1) is 6.10 Å². The monoisotopic (exact) mass is 499 g/mol. The van der Waals surface area contributed by atoms with E-state index in [1.807, 2.05) is 0 Å². The van der Waals surface area contributed by atoms with Gasteiger partial charge in [-0.25, -0.2) is 14.4 Å². The van der Waals surface area contributed by atoms with E-state index in [0.29, 0.717) is 34.9 Å². The summed E-state index contributed by atoms with van der Waals surface area (Å²) >= 11 is 0. The first kappa shape index (κ1) is 22.7. The average molecular weight is 499 g/mol. The molecule has 8 nitrogen and oxygen atoms in total. The topological polar surface area (TPSA) is 96.8 Å². The summed E-state index contributed by atoms with van der Waals surface area (Å²) in [7, 11) is 0. The van der Waals surface area contributed by atoms with Crippen molar-refractivity contribution in [1.82, 2.24) is 19.6 Å². The van der Waals surface area contributed by atoms with Crippen LogP contribution in [0.25, 0.3) is 16.6 Å². The van der Waals surface area contributed by atoms with Crippen molar-refractivity contribution in [3.63, 3.8) is 0 Å². The fourth-order valence-corrected chi connectivity index (χ4v) is 5.03. The molecule has 2 atom stereocenters. The Kier molecular flexibility index (Phi) is 5.50. The number of nitrogens with two attached hydrogens (primary N) is 1. The SMILES string of the molecule is Nc1nc2c3c(ccc2c2nc(CC4CCCCC(Oc5ccc(F)cc5)CC4)nn12)OC(F)(F)O3. The predicted octanol–water partition coefficient (Wildman–Crippen LogP) is 5.28. The Labute approximate surface area is 204 Å². The molecule has 0 radical (unpaired) electrons. The number of anilines is 1. The van der Waals surface area contributed by atoms with Gasteiger partial charge >= 0.3 is 6.29 Å². The number of nitrogens with zero attached hydrogens (tertiary/aromatic N) is 4. The van der Waals surface area contributed by atoms with E-state index in [1.54, 1.807) is 18.2 Å². The highest BCUT2D eigenvalue weighted by atomic mass is 19.3. The van der Waals surface area contributed by atoms with Crippen molar-refractivity contribution in [2.45, 2.75) is 57.3 Å². The number of ether oxygens (including phenoxy) is 3. The lowest BCUT2D eigenvalue weighted by atomic mass is 9.87. The first-order chi connectivity index (χ1) is 17.3. The molecule has 0 amide bonds. The molecule has 1 aliphatic heterocycles. The predicted molar refractivity (Wildman–Crippen MR) is 125 cm³/mol. The Morgan fingerprint density at radius 3 is 2.64 bits per heavy atom. The Hall–Kier alpha value is -3.76. The molecule has 1 aliphatic carbocycles. The minimum atomic E-state index is -3.76. The zero-order valence-electron chi connectivity index (χ0n) is 19.3. The second-order valence-electron chi connectivity index (χ2n) is 9.32. The number of alkyl halides is 2. The summed E-state index contributed by atoms with van der Waals surface area (Å²) in [4.78, 5) is 8.93. The number of benzene rings is 2. The largest absolute Gasteiger partial charge is 0.586 e. The number of halogens is 3. The van der Waals surface area contributed by atoms with Crippen molar-refractivity contribution in [2.75, 3.05) is 5.73 Å². The van der Waals surface area contributed by atoms with Crippen LogP contribution < -0.4 is 19.9 Å². The van der Waals surface area contributed by atoms with Crippen LogP contribution in [-0.4, -0.2) is 32.0 Å². The molecular formula is C25H24F3N5O3. The quantitative estimate of drug-likeness (QED) is 0.408. The molecule has 0 bridgehead atoms. The number of nitrogen functional groups attached to an aromatic ring is 1. The third kappa shape index (κ3) is 4.33. The average Bonchev–Trinajstić information content (AvgIpc) is 3.39. The van der Waals surface area contributed by atoms with Crippen LogP contribution in [0.15, 0.2) is 36.4 Å². The van der Waals surface area contributed by atoms with E-state index in [-0.39, 0.29) is 34.9 Å². The van der Waals surface area contributed by atoms with E-state index in [4.69, 9.17) is 10.5 Å². The lowest BCUT2D eigenvalue weighted by Crippen LogP contribution is -2.26. The number of fused-ring (bicyclic) bond motifs is 5. The highest BCUT2D eigenvalue weighted by molar-refractivity contribution is 5.97. The van der Waals surface area contributed by atoms with E-state index in [9.17, 15) is 13.2 Å². The molecule has 0 spiro atoms. The fraction of sp³-hybridized carbons (Fsp3) is 0.400. The van der Waals surface area contributed by atoms with Crippen LogP contribution in [0.2, 0.25) is 0 Å². The zero-order chi connectivity index (χ0) is 24.9. The minimum absolute atomic E-state index is 0.0221. The Morgan fingerprint density at radius 2 is 1.81 bits per heavy atom. The normalized spacial score (nSPS) is 21.4. The Balaban J connectivity index is 1.21. The summed E-state index contributed by atoms with van der Waals surface area (Å²) in [6.07, 6.45) is 2.87. The molecule has 2 unspecified atom stereocenters. The first-order valence-corrected chi connectivity index (χ1v) is 12.0. The maximum absolute atomic E-state index is 13.6. The summed E-state index contributed by atoms with van der Waals surface area (Å²) in [5, 5.41) is 5.05. The standard InChI is InChI=1S/C25H24F3N5O3/c26-15-6-9-17(10-7-15)34-16-4-2-1-3-14(5-8-16)13-20-30-23-18-11-12-19-22(36-25(27,28)35-19)21(18)31-24(29)33(23)32-20/h6-7,9-12,14,16H,1-5,8,13H2,(H2,29,31). The molecule has 2 N–H and O–H groups in total. The van der Waals surface area contributed by atoms with Gasteiger partial charge < -0.3 is 19.9 Å². The van der Waals surface area contributed by atoms with Crippen LogP contribution in [-0.2, 0) is 6.42 Å². The maximum Gasteiger partial charge on any atom is 0.586 e. The van der Waals surface area contributed by atoms with Gasteiger partial charge in [0, 0.05) is 11.8 Å². The van der Waals surface area contributed by atoms with Crippen LogP contribution in [0.5, 0.6) is 17.2 Å². The molecule has 0 saturated heterocycles. The zero-order valence-corrected chi connectivity index (χ0v) is 19.3. The molecule has 188 valence electrons. The van der Waals surface area contributed by atoms with Gasteiger partial charge in [-0.1, -0.05) is 12.8 Å². The van der Waals surface area contributed by atoms with E-state index >= 15 is 0 Å². The molecule has 6 rings (SSSR count). The van der Waals surface area contributed by atoms with Crippen LogP contribution >= 0.6 is 0 Å². The molecule has 11 heteroatoms. The number of hydrogen-bond acceptors (Lipinski definition) is 7. The first-order valence-electron chi connectivity index (χ1n) is 12.0. The smallest absolute Gasteiger partial charge is 0.490 e. The van der Waals surface area contributed by atoms with Gasteiger partial charge in [-0.3, -0.25) is 0 Å². The van der Waals surface area contributed by atoms with Crippen LogP contribution in [0.4, 0.5) is 19.1 Å². The van der Waals surface area contributed by atoms with Crippen LogP contribution in [0.1, 0.15) is 44.3 Å². The van der Waals surface area contributed by atoms with Crippen molar-refractivity contribution in [1.29, 1.82) is 0 Å². The maximum atomic E-state index is 13.6. The summed E-state index contributed by atoms with van der Waals surface area (Å²) < 4.78 is 57.1. The molecule has 2 aliphatic rings. The molecule has 2 aromatic heterocycles. The molecule has 2 aromatic carbocycles. The summed E-state index contributed by atoms with van der Waals surface area (Å²) in [6, 6.07) is 9.12. The second-order valence-corrected chi connectivity index (χ2v) is 9.32. The second kappa shape index (κ2) is 8.72. The summed E-state index contributed by atoms with van der Waals surface area (Å²) in [6.45, 7) is 0. The Bertz CT molecular complexity index is 1430. The third-order valence-electron chi connectivity index (χ3n) is 6.75. The van der Waals surface area contributed by atoms with E-state index in [0.717, 1.165) is 38.5 Å². The number of aromatic nitrogens is 4. The molecule has 1 fully saturated rings. The Morgan fingerprint density at radius 1 is 1.00 bits per heavy atom. The van der Waals surface area contributed by atoms with Crippen LogP contribution in [0.3, 0.4) is 0 Å². The van der Waals surface area contributed by atoms with Gasteiger partial charge in [-0.05, 0) is 68.0 Å². The highest BCUT2D eigenvalue weighted by Gasteiger charge is 2.45. The number of hydrogen-bond donors (Lipinski definition) is 1. The van der Waals surface area contributed by atoms with Crippen molar-refractivity contribution in [3.8, 4) is 17.2 Å². The van der Waals surface area contributed by atoms with Gasteiger partial charge in [0.25, 0.3) is 0 Å². The van der Waals surface area contributed by atoms with Crippen molar-refractivity contribution < 1.29 is 27.4 Å². The van der Waals surface area contributed by atoms with Gasteiger partial charge in [0.2, 0.25) is 5.95 Å². The van der Waals surface area contributed by atoms with E-state index in [2.05, 4.69) is 24.5 Å². The van der Waals surface area contributed by atoms with Gasteiger partial charge in [-0.15, -0.1) is 13.9 Å². The van der Waals surface area contributed by atoms with Crippen LogP contribution in [0, 0.1) is 11.7 Å². The molecular weight excluding hydrogens is 475 g/mol. The molecule has 1 saturated carbocycles. The lowest BCUT2D eigenvalue weighted by molar-refractivity contribution is -0.286. The molecule has 4 aromatic rings. The minimum Gasteiger partial charge on any atom is -0.490 e. The lowest BCUT2D eigenvalue weighted by Gasteiger charge is -2.25. The molecule has 3 heterocycles. The van der Waals surface area contributed by atoms with Crippen molar-refractivity contribution in [2.24, 2.45) is 5.92 Å². The highest BCUT2D eigenvalue weighted by Crippen LogP contribution is 2.45. The van der Waals surface area contributed by atoms with E-state index < -0.39 is 6.29 Å². The van der Waals surface area contributed by atoms with Crippen molar-refractivity contribution in [3.05, 3.63) is 48.0 Å². The fourth-order valence-electron chi connectivity index (χ4n) is 5.03. The van der Waals surface area contributed by atoms with Gasteiger partial charge in [0.1, 0.15) is 17.1 Å². The number of rotatable bonds is 4. The van der Waals surface area contributed by atoms with Gasteiger partial charge in [0.15, 0.2) is 23.0 Å². The van der Waals surface area contributed by atoms with Gasteiger partial charge in [-0.2, -0.15) is 4.52 Å². The molecule has 36 heavy (non-hydrogen) atoms. The van der Waals surface area contributed by atoms with E-state index in [1.165, 1.54) is 22.7 Å².